The first-order valence-electron chi connectivity index (χ1n) is 10.2. The van der Waals surface area contributed by atoms with E-state index in [0.717, 1.165) is 35.1 Å². The molecule has 0 saturated carbocycles. The fourth-order valence-corrected chi connectivity index (χ4v) is 3.55. The molecule has 0 amide bonds. The summed E-state index contributed by atoms with van der Waals surface area (Å²) < 4.78 is 48.9. The lowest BCUT2D eigenvalue weighted by atomic mass is 9.79. The molecule has 2 N–H and O–H groups in total. The van der Waals surface area contributed by atoms with E-state index in [1.807, 2.05) is 0 Å². The second-order valence-electron chi connectivity index (χ2n) is 7.21. The molecule has 158 valence electrons. The summed E-state index contributed by atoms with van der Waals surface area (Å²) in [6.45, 7) is 4.73. The van der Waals surface area contributed by atoms with Gasteiger partial charge in [-0.25, -0.2) is 8.78 Å². The predicted octanol–water partition coefficient (Wildman–Crippen LogP) is 0.328. The van der Waals surface area contributed by atoms with E-state index < -0.39 is 14.2 Å². The zero-order valence-corrected chi connectivity index (χ0v) is 16.7. The number of fused-ring (bicyclic) bond motifs is 2. The molecule has 2 aliphatic heterocycles. The summed E-state index contributed by atoms with van der Waals surface area (Å²) in [4.78, 5) is 0. The van der Waals surface area contributed by atoms with Crippen LogP contribution >= 0.6 is 0 Å². The second-order valence-corrected chi connectivity index (χ2v) is 7.21. The summed E-state index contributed by atoms with van der Waals surface area (Å²) in [5.74, 6) is -0.512. The summed E-state index contributed by atoms with van der Waals surface area (Å²) in [7, 11) is -0.839. The molecule has 0 atom stereocenters. The fraction of sp³-hybridized carbons (Fsp3) is 0.400. The van der Waals surface area contributed by atoms with E-state index in [2.05, 4.69) is 10.6 Å². The minimum absolute atomic E-state index is 0.256. The molecule has 10 heteroatoms. The van der Waals surface area contributed by atoms with Crippen LogP contribution in [-0.4, -0.2) is 53.6 Å². The Balaban J connectivity index is 1.02. The Morgan fingerprint density at radius 2 is 1.20 bits per heavy atom. The minimum Gasteiger partial charge on any atom is -0.406 e. The highest BCUT2D eigenvalue weighted by molar-refractivity contribution is 6.63. The van der Waals surface area contributed by atoms with Crippen molar-refractivity contribution >= 4 is 25.2 Å². The van der Waals surface area contributed by atoms with E-state index >= 15 is 0 Å². The molecule has 30 heavy (non-hydrogen) atoms. The van der Waals surface area contributed by atoms with Crippen LogP contribution in [0.5, 0.6) is 0 Å². The summed E-state index contributed by atoms with van der Waals surface area (Å²) in [5, 5.41) is 6.58. The summed E-state index contributed by atoms with van der Waals surface area (Å²) >= 11 is 0. The van der Waals surface area contributed by atoms with Gasteiger partial charge in [-0.3, -0.25) is 0 Å². The molecule has 4 rings (SSSR count). The van der Waals surface area contributed by atoms with Crippen molar-refractivity contribution in [2.24, 2.45) is 0 Å². The van der Waals surface area contributed by atoms with Crippen molar-refractivity contribution in [3.05, 3.63) is 59.2 Å². The molecule has 0 aromatic heterocycles. The maximum atomic E-state index is 13.2. The predicted molar refractivity (Wildman–Crippen MR) is 111 cm³/mol. The maximum Gasteiger partial charge on any atom is 0.494 e. The number of halogens is 2. The number of hydrogen-bond acceptors (Lipinski definition) is 6. The van der Waals surface area contributed by atoms with E-state index in [0.29, 0.717) is 39.5 Å². The number of benzene rings is 2. The van der Waals surface area contributed by atoms with Gasteiger partial charge in [-0.1, -0.05) is 12.1 Å². The van der Waals surface area contributed by atoms with Crippen LogP contribution in [0.2, 0.25) is 0 Å². The Bertz CT molecular complexity index is 792. The first kappa shape index (κ1) is 21.4. The normalized spacial score (nSPS) is 15.0. The lowest BCUT2D eigenvalue weighted by molar-refractivity contribution is 0.209. The van der Waals surface area contributed by atoms with Gasteiger partial charge in [-0.05, 0) is 46.3 Å². The first-order valence-corrected chi connectivity index (χ1v) is 10.2. The molecule has 0 unspecified atom stereocenters. The Morgan fingerprint density at radius 3 is 1.67 bits per heavy atom. The van der Waals surface area contributed by atoms with Crippen LogP contribution in [0.15, 0.2) is 36.4 Å². The van der Waals surface area contributed by atoms with Crippen LogP contribution in [-0.2, 0) is 31.8 Å². The van der Waals surface area contributed by atoms with Gasteiger partial charge in [0.25, 0.3) is 0 Å². The van der Waals surface area contributed by atoms with Gasteiger partial charge >= 0.3 is 14.2 Å². The third kappa shape index (κ3) is 5.46. The van der Waals surface area contributed by atoms with Crippen LogP contribution in [0.25, 0.3) is 0 Å². The number of hydrogen-bond donors (Lipinski definition) is 2. The van der Waals surface area contributed by atoms with Crippen molar-refractivity contribution in [2.75, 3.05) is 39.4 Å². The highest BCUT2D eigenvalue weighted by atomic mass is 19.1. The minimum atomic E-state index is -0.419. The van der Waals surface area contributed by atoms with E-state index in [9.17, 15) is 8.78 Å². The molecule has 2 aromatic carbocycles. The van der Waals surface area contributed by atoms with Crippen LogP contribution in [0.1, 0.15) is 11.1 Å². The topological polar surface area (TPSA) is 61.0 Å². The summed E-state index contributed by atoms with van der Waals surface area (Å²) in [6.07, 6.45) is 0. The van der Waals surface area contributed by atoms with Crippen molar-refractivity contribution in [3.63, 3.8) is 0 Å². The molecule has 0 spiro atoms. The van der Waals surface area contributed by atoms with Crippen molar-refractivity contribution in [2.45, 2.75) is 13.2 Å². The van der Waals surface area contributed by atoms with Gasteiger partial charge in [-0.15, -0.1) is 0 Å². The molecule has 6 nitrogen and oxygen atoms in total. The molecule has 0 saturated heterocycles. The van der Waals surface area contributed by atoms with Crippen molar-refractivity contribution in [1.82, 2.24) is 10.6 Å². The monoisotopic (exact) mass is 416 g/mol. The first-order chi connectivity index (χ1) is 14.7. The van der Waals surface area contributed by atoms with Gasteiger partial charge in [0.05, 0.1) is 13.2 Å². The standard InChI is InChI=1S/C20H24B2F2N2O4/c23-17-1-3-19-15(11-17)13-29-21(19)27-9-7-25-5-6-26-8-10-28-22-20-4-2-18(24)12-16(20)14-30-22/h1-4,11-12,25-26H,5-10,13-14H2. The van der Waals surface area contributed by atoms with Crippen LogP contribution in [0.4, 0.5) is 8.78 Å². The van der Waals surface area contributed by atoms with E-state index in [4.69, 9.17) is 18.6 Å². The summed E-state index contributed by atoms with van der Waals surface area (Å²) in [6, 6.07) is 9.27. The molecular formula is C20H24B2F2N2O4. The van der Waals surface area contributed by atoms with Crippen LogP contribution in [0, 0.1) is 11.6 Å². The smallest absolute Gasteiger partial charge is 0.406 e. The fourth-order valence-electron chi connectivity index (χ4n) is 3.55. The van der Waals surface area contributed by atoms with Crippen LogP contribution < -0.4 is 21.6 Å². The molecule has 0 fully saturated rings. The molecule has 2 aliphatic rings. The van der Waals surface area contributed by atoms with Crippen molar-refractivity contribution in [1.29, 1.82) is 0 Å². The third-order valence-corrected chi connectivity index (χ3v) is 5.07. The number of rotatable bonds is 11. The lowest BCUT2D eigenvalue weighted by Gasteiger charge is -2.11. The molecule has 0 aliphatic carbocycles. The summed E-state index contributed by atoms with van der Waals surface area (Å²) in [5.41, 5.74) is 3.49. The van der Waals surface area contributed by atoms with Crippen molar-refractivity contribution in [3.8, 4) is 0 Å². The molecule has 2 aromatic rings. The number of nitrogens with one attached hydrogen (secondary N) is 2. The van der Waals surface area contributed by atoms with Gasteiger partial charge in [-0.2, -0.15) is 0 Å². The van der Waals surface area contributed by atoms with E-state index in [1.54, 1.807) is 12.1 Å². The van der Waals surface area contributed by atoms with Gasteiger partial charge in [0, 0.05) is 39.4 Å². The quantitative estimate of drug-likeness (QED) is 0.407. The molecule has 0 bridgehead atoms. The van der Waals surface area contributed by atoms with Gasteiger partial charge < -0.3 is 29.3 Å². The Kier molecular flexibility index (Phi) is 7.48. The molecular weight excluding hydrogens is 392 g/mol. The van der Waals surface area contributed by atoms with Gasteiger partial charge in [0.15, 0.2) is 0 Å². The van der Waals surface area contributed by atoms with Gasteiger partial charge in [0.2, 0.25) is 0 Å². The average Bonchev–Trinajstić information content (AvgIpc) is 3.32. The lowest BCUT2D eigenvalue weighted by Crippen LogP contribution is -2.37. The van der Waals surface area contributed by atoms with Crippen molar-refractivity contribution < 1.29 is 27.4 Å². The highest BCUT2D eigenvalue weighted by Crippen LogP contribution is 2.13. The SMILES string of the molecule is Fc1ccc2c(c1)COB2OCCNCCNCCOB1OCc2cc(F)ccc21. The van der Waals surface area contributed by atoms with Crippen LogP contribution in [0.3, 0.4) is 0 Å². The molecule has 0 radical (unpaired) electrons. The third-order valence-electron chi connectivity index (χ3n) is 5.07. The molecule has 2 heterocycles. The maximum absolute atomic E-state index is 13.2. The Hall–Kier alpha value is -1.81. The van der Waals surface area contributed by atoms with E-state index in [1.165, 1.54) is 24.3 Å². The Labute approximate surface area is 175 Å². The highest BCUT2D eigenvalue weighted by Gasteiger charge is 2.31. The zero-order valence-electron chi connectivity index (χ0n) is 16.7. The second kappa shape index (κ2) is 10.5. The van der Waals surface area contributed by atoms with Gasteiger partial charge in [0.1, 0.15) is 11.6 Å². The van der Waals surface area contributed by atoms with E-state index in [-0.39, 0.29) is 11.6 Å². The average molecular weight is 416 g/mol. The largest absolute Gasteiger partial charge is 0.494 e. The zero-order chi connectivity index (χ0) is 20.8. The Morgan fingerprint density at radius 1 is 0.733 bits per heavy atom.